The normalized spacial score (nSPS) is 16.4. The summed E-state index contributed by atoms with van der Waals surface area (Å²) in [6.07, 6.45) is 4.93. The summed E-state index contributed by atoms with van der Waals surface area (Å²) in [4.78, 5) is 10.9. The average molecular weight is 417 g/mol. The van der Waals surface area contributed by atoms with E-state index in [1.165, 1.54) is 22.2 Å². The molecule has 6 nitrogen and oxygen atoms in total. The van der Waals surface area contributed by atoms with E-state index in [1.807, 2.05) is 18.3 Å². The molecule has 6 heteroatoms. The summed E-state index contributed by atoms with van der Waals surface area (Å²) in [7, 11) is 3.40. The maximum absolute atomic E-state index is 5.85. The monoisotopic (exact) mass is 416 g/mol. The third-order valence-electron chi connectivity index (χ3n) is 6.35. The molecular formula is C25H28N4O2. The van der Waals surface area contributed by atoms with Gasteiger partial charge in [-0.3, -0.25) is 4.90 Å². The Kier molecular flexibility index (Phi) is 5.16. The van der Waals surface area contributed by atoms with Gasteiger partial charge in [-0.2, -0.15) is 0 Å². The molecule has 2 aromatic heterocycles. The van der Waals surface area contributed by atoms with Crippen LogP contribution in [0, 0.1) is 0 Å². The molecule has 1 atom stereocenters. The number of aryl methyl sites for hydroxylation is 1. The fourth-order valence-electron chi connectivity index (χ4n) is 4.90. The van der Waals surface area contributed by atoms with Crippen LogP contribution in [-0.2, 0) is 19.5 Å². The van der Waals surface area contributed by atoms with Crippen LogP contribution in [0.4, 0.5) is 0 Å². The van der Waals surface area contributed by atoms with E-state index < -0.39 is 0 Å². The summed E-state index contributed by atoms with van der Waals surface area (Å²) in [5.74, 6) is 2.61. The lowest BCUT2D eigenvalue weighted by atomic mass is 9.91. The first kappa shape index (κ1) is 19.7. The first-order valence-electron chi connectivity index (χ1n) is 10.8. The Morgan fingerprint density at radius 1 is 1.10 bits per heavy atom. The first-order valence-corrected chi connectivity index (χ1v) is 10.8. The molecule has 0 aliphatic carbocycles. The van der Waals surface area contributed by atoms with E-state index in [2.05, 4.69) is 62.9 Å². The lowest BCUT2D eigenvalue weighted by Crippen LogP contribution is -2.36. The fraction of sp³-hybridized carbons (Fsp3) is 0.320. The summed E-state index contributed by atoms with van der Waals surface area (Å²) in [5, 5.41) is 1.30. The van der Waals surface area contributed by atoms with Gasteiger partial charge >= 0.3 is 0 Å². The second kappa shape index (κ2) is 8.12. The van der Waals surface area contributed by atoms with Gasteiger partial charge in [-0.15, -0.1) is 0 Å². The highest BCUT2D eigenvalue weighted by molar-refractivity contribution is 5.85. The Labute approximate surface area is 182 Å². The zero-order valence-electron chi connectivity index (χ0n) is 18.3. The van der Waals surface area contributed by atoms with Crippen molar-refractivity contribution in [3.8, 4) is 11.5 Å². The van der Waals surface area contributed by atoms with E-state index in [-0.39, 0.29) is 6.04 Å². The Balaban J connectivity index is 1.68. The standard InChI is InChI=1S/C25H28N4O2/c1-4-28-15-13-26-22(28)16-29-14-12-18-17-8-5-6-10-20(17)27-23(18)24(29)19-9-7-11-21(30-2)25(19)31-3/h5-11,13,15,24,27H,4,12,14,16H2,1-3H3. The van der Waals surface area contributed by atoms with E-state index in [0.717, 1.165) is 48.9 Å². The first-order chi connectivity index (χ1) is 15.2. The Morgan fingerprint density at radius 2 is 1.97 bits per heavy atom. The molecule has 0 saturated carbocycles. The zero-order chi connectivity index (χ0) is 21.4. The van der Waals surface area contributed by atoms with Gasteiger partial charge in [0.25, 0.3) is 0 Å². The van der Waals surface area contributed by atoms with Crippen molar-refractivity contribution in [3.63, 3.8) is 0 Å². The van der Waals surface area contributed by atoms with Crippen LogP contribution < -0.4 is 9.47 Å². The number of imidazole rings is 1. The number of aromatic amines is 1. The second-order valence-corrected chi connectivity index (χ2v) is 7.90. The number of fused-ring (bicyclic) bond motifs is 3. The lowest BCUT2D eigenvalue weighted by molar-refractivity contribution is 0.190. The molecule has 2 aromatic carbocycles. The van der Waals surface area contributed by atoms with Crippen LogP contribution in [0.5, 0.6) is 11.5 Å². The van der Waals surface area contributed by atoms with Gasteiger partial charge in [0.2, 0.25) is 0 Å². The van der Waals surface area contributed by atoms with Gasteiger partial charge < -0.3 is 19.0 Å². The van der Waals surface area contributed by atoms with Crippen LogP contribution in [-0.4, -0.2) is 40.2 Å². The number of hydrogen-bond acceptors (Lipinski definition) is 4. The second-order valence-electron chi connectivity index (χ2n) is 7.90. The van der Waals surface area contributed by atoms with E-state index in [1.54, 1.807) is 14.2 Å². The summed E-state index contributed by atoms with van der Waals surface area (Å²) in [6.45, 7) is 4.77. The van der Waals surface area contributed by atoms with Gasteiger partial charge in [0.05, 0.1) is 26.8 Å². The number of hydrogen-bond donors (Lipinski definition) is 1. The largest absolute Gasteiger partial charge is 0.493 e. The highest BCUT2D eigenvalue weighted by Crippen LogP contribution is 2.44. The quantitative estimate of drug-likeness (QED) is 0.501. The number of nitrogens with zero attached hydrogens (tertiary/aromatic N) is 3. The van der Waals surface area contributed by atoms with Crippen LogP contribution in [0.2, 0.25) is 0 Å². The Bertz CT molecular complexity index is 1210. The van der Waals surface area contributed by atoms with Gasteiger partial charge in [-0.25, -0.2) is 4.98 Å². The molecule has 0 amide bonds. The van der Waals surface area contributed by atoms with Crippen LogP contribution in [0.15, 0.2) is 54.9 Å². The maximum atomic E-state index is 5.85. The number of rotatable bonds is 6. The van der Waals surface area contributed by atoms with Crippen molar-refractivity contribution in [2.24, 2.45) is 0 Å². The van der Waals surface area contributed by atoms with E-state index in [4.69, 9.17) is 9.47 Å². The SMILES string of the molecule is CCn1ccnc1CN1CCc2c([nH]c3ccccc23)C1c1cccc(OC)c1OC. The van der Waals surface area contributed by atoms with Gasteiger partial charge in [-0.1, -0.05) is 30.3 Å². The number of benzene rings is 2. The van der Waals surface area contributed by atoms with Crippen molar-refractivity contribution < 1.29 is 9.47 Å². The lowest BCUT2D eigenvalue weighted by Gasteiger charge is -2.36. The molecule has 0 saturated heterocycles. The third-order valence-corrected chi connectivity index (χ3v) is 6.35. The minimum Gasteiger partial charge on any atom is -0.493 e. The number of H-pyrrole nitrogens is 1. The van der Waals surface area contributed by atoms with Crippen molar-refractivity contribution >= 4 is 10.9 Å². The Hall–Kier alpha value is -3.25. The zero-order valence-corrected chi connectivity index (χ0v) is 18.3. The maximum Gasteiger partial charge on any atom is 0.165 e. The number of methoxy groups -OCH3 is 2. The minimum absolute atomic E-state index is 0.0169. The smallest absolute Gasteiger partial charge is 0.165 e. The van der Waals surface area contributed by atoms with Crippen molar-refractivity contribution in [2.45, 2.75) is 32.5 Å². The molecule has 0 bridgehead atoms. The highest BCUT2D eigenvalue weighted by atomic mass is 16.5. The third kappa shape index (κ3) is 3.27. The Morgan fingerprint density at radius 3 is 2.77 bits per heavy atom. The van der Waals surface area contributed by atoms with Crippen LogP contribution in [0.3, 0.4) is 0 Å². The van der Waals surface area contributed by atoms with Crippen LogP contribution in [0.25, 0.3) is 10.9 Å². The number of nitrogens with one attached hydrogen (secondary N) is 1. The predicted octanol–water partition coefficient (Wildman–Crippen LogP) is 4.55. The highest BCUT2D eigenvalue weighted by Gasteiger charge is 2.34. The molecule has 0 radical (unpaired) electrons. The van der Waals surface area contributed by atoms with Gasteiger partial charge in [0.15, 0.2) is 11.5 Å². The molecule has 1 aliphatic heterocycles. The van der Waals surface area contributed by atoms with Crippen molar-refractivity contribution in [3.05, 3.63) is 77.5 Å². The van der Waals surface area contributed by atoms with E-state index in [9.17, 15) is 0 Å². The molecule has 1 aliphatic rings. The summed E-state index contributed by atoms with van der Waals surface area (Å²) >= 11 is 0. The minimum atomic E-state index is 0.0169. The van der Waals surface area contributed by atoms with Crippen molar-refractivity contribution in [2.75, 3.05) is 20.8 Å². The number of aromatic nitrogens is 3. The van der Waals surface area contributed by atoms with Gasteiger partial charge in [-0.05, 0) is 31.0 Å². The van der Waals surface area contributed by atoms with E-state index >= 15 is 0 Å². The van der Waals surface area contributed by atoms with Gasteiger partial charge in [0.1, 0.15) is 5.82 Å². The summed E-state index contributed by atoms with van der Waals surface area (Å²) < 4.78 is 13.7. The van der Waals surface area contributed by atoms with E-state index in [0.29, 0.717) is 0 Å². The average Bonchev–Trinajstić information content (AvgIpc) is 3.42. The molecule has 0 fully saturated rings. The molecule has 0 spiro atoms. The summed E-state index contributed by atoms with van der Waals surface area (Å²) in [5.41, 5.74) is 4.90. The molecule has 1 N–H and O–H groups in total. The van der Waals surface area contributed by atoms with Crippen molar-refractivity contribution in [1.82, 2.24) is 19.4 Å². The summed E-state index contributed by atoms with van der Waals surface area (Å²) in [6, 6.07) is 14.7. The molecular weight excluding hydrogens is 388 g/mol. The molecule has 1 unspecified atom stereocenters. The molecule has 3 heterocycles. The van der Waals surface area contributed by atoms with Gasteiger partial charge in [0, 0.05) is 47.6 Å². The molecule has 5 rings (SSSR count). The number of para-hydroxylation sites is 2. The fourth-order valence-corrected chi connectivity index (χ4v) is 4.90. The van der Waals surface area contributed by atoms with Crippen LogP contribution >= 0.6 is 0 Å². The number of ether oxygens (including phenoxy) is 2. The molecule has 4 aromatic rings. The van der Waals surface area contributed by atoms with Crippen LogP contribution in [0.1, 0.15) is 35.6 Å². The van der Waals surface area contributed by atoms with Crippen molar-refractivity contribution in [1.29, 1.82) is 0 Å². The topological polar surface area (TPSA) is 55.3 Å². The molecule has 160 valence electrons. The predicted molar refractivity (Wildman–Crippen MR) is 122 cm³/mol. The molecule has 31 heavy (non-hydrogen) atoms.